The summed E-state index contributed by atoms with van der Waals surface area (Å²) in [5.74, 6) is 0.771. The average Bonchev–Trinajstić information content (AvgIpc) is 3.13. The van der Waals surface area contributed by atoms with E-state index in [0.717, 1.165) is 38.3 Å². The second-order valence-corrected chi connectivity index (χ2v) is 5.67. The lowest BCUT2D eigenvalue weighted by atomic mass is 10.0. The minimum Gasteiger partial charge on any atom is -0.465 e. The van der Waals surface area contributed by atoms with Crippen molar-refractivity contribution in [3.05, 3.63) is 60.1 Å². The zero-order valence-electron chi connectivity index (χ0n) is 13.4. The van der Waals surface area contributed by atoms with E-state index in [-0.39, 0.29) is 5.91 Å². The Morgan fingerprint density at radius 2 is 1.83 bits per heavy atom. The zero-order valence-corrected chi connectivity index (χ0v) is 13.4. The number of rotatable bonds is 4. The molecule has 0 aliphatic carbocycles. The predicted octanol–water partition coefficient (Wildman–Crippen LogP) is 2.98. The molecule has 0 saturated carbocycles. The number of hydrogen-bond acceptors (Lipinski definition) is 3. The van der Waals surface area contributed by atoms with Crippen molar-refractivity contribution in [2.45, 2.75) is 6.92 Å². The molecule has 2 heterocycles. The van der Waals surface area contributed by atoms with Gasteiger partial charge in [0.1, 0.15) is 5.76 Å². The summed E-state index contributed by atoms with van der Waals surface area (Å²) < 4.78 is 5.40. The first-order chi connectivity index (χ1) is 11.3. The lowest BCUT2D eigenvalue weighted by molar-refractivity contribution is -0.126. The second-order valence-electron chi connectivity index (χ2n) is 5.67. The molecule has 0 unspecified atom stereocenters. The normalized spacial score (nSPS) is 16.6. The summed E-state index contributed by atoms with van der Waals surface area (Å²) in [6.07, 6.45) is 3.46. The zero-order chi connectivity index (χ0) is 16.1. The third-order valence-corrected chi connectivity index (χ3v) is 4.25. The number of hydrogen-bond donors (Lipinski definition) is 0. The fourth-order valence-corrected chi connectivity index (χ4v) is 2.84. The molecule has 0 spiro atoms. The van der Waals surface area contributed by atoms with E-state index >= 15 is 0 Å². The highest BCUT2D eigenvalue weighted by Gasteiger charge is 2.24. The van der Waals surface area contributed by atoms with Gasteiger partial charge in [0.25, 0.3) is 5.91 Å². The van der Waals surface area contributed by atoms with Gasteiger partial charge in [-0.25, -0.2) is 0 Å². The molecule has 1 amide bonds. The Morgan fingerprint density at radius 3 is 2.43 bits per heavy atom. The highest BCUT2D eigenvalue weighted by atomic mass is 16.3. The molecule has 23 heavy (non-hydrogen) atoms. The maximum atomic E-state index is 13.0. The third kappa shape index (κ3) is 3.71. The van der Waals surface area contributed by atoms with Crippen molar-refractivity contribution in [1.82, 2.24) is 9.80 Å². The predicted molar refractivity (Wildman–Crippen MR) is 91.7 cm³/mol. The number of piperazine rings is 1. The summed E-state index contributed by atoms with van der Waals surface area (Å²) in [7, 11) is 0. The number of carbonyl (C=O) groups excluding carboxylic acids is 1. The summed E-state index contributed by atoms with van der Waals surface area (Å²) in [6, 6.07) is 13.5. The SMILES string of the molecule is CCN1CCN(C(=O)/C(=C/c2ccco2)c2ccccc2)CC1. The van der Waals surface area contributed by atoms with Crippen molar-refractivity contribution in [1.29, 1.82) is 0 Å². The fraction of sp³-hybridized carbons (Fsp3) is 0.316. The van der Waals surface area contributed by atoms with Gasteiger partial charge in [-0.2, -0.15) is 0 Å². The summed E-state index contributed by atoms with van der Waals surface area (Å²) >= 11 is 0. The minimum absolute atomic E-state index is 0.0725. The van der Waals surface area contributed by atoms with Gasteiger partial charge in [-0.15, -0.1) is 0 Å². The van der Waals surface area contributed by atoms with Gasteiger partial charge in [-0.3, -0.25) is 4.79 Å². The van der Waals surface area contributed by atoms with Crippen LogP contribution in [0.3, 0.4) is 0 Å². The molecule has 1 aliphatic heterocycles. The quantitative estimate of drug-likeness (QED) is 0.815. The van der Waals surface area contributed by atoms with Crippen LogP contribution in [-0.4, -0.2) is 48.4 Å². The summed E-state index contributed by atoms with van der Waals surface area (Å²) in [6.45, 7) is 6.61. The van der Waals surface area contributed by atoms with Crippen molar-refractivity contribution >= 4 is 17.6 Å². The number of furan rings is 1. The topological polar surface area (TPSA) is 36.7 Å². The lowest BCUT2D eigenvalue weighted by Crippen LogP contribution is -2.48. The molecule has 0 atom stereocenters. The number of likely N-dealkylation sites (N-methyl/N-ethyl adjacent to an activating group) is 1. The van der Waals surface area contributed by atoms with Crippen LogP contribution < -0.4 is 0 Å². The molecule has 4 nitrogen and oxygen atoms in total. The number of amides is 1. The molecular formula is C19H22N2O2. The van der Waals surface area contributed by atoms with Crippen LogP contribution in [-0.2, 0) is 4.79 Å². The van der Waals surface area contributed by atoms with E-state index in [2.05, 4.69) is 11.8 Å². The van der Waals surface area contributed by atoms with E-state index in [1.807, 2.05) is 53.4 Å². The van der Waals surface area contributed by atoms with Gasteiger partial charge in [0.05, 0.1) is 11.8 Å². The summed E-state index contributed by atoms with van der Waals surface area (Å²) in [5.41, 5.74) is 1.61. The van der Waals surface area contributed by atoms with E-state index in [1.54, 1.807) is 6.26 Å². The molecule has 1 aromatic carbocycles. The van der Waals surface area contributed by atoms with Crippen LogP contribution in [0.2, 0.25) is 0 Å². The van der Waals surface area contributed by atoms with Gasteiger partial charge in [0.15, 0.2) is 0 Å². The van der Waals surface area contributed by atoms with Gasteiger partial charge < -0.3 is 14.2 Å². The Labute approximate surface area is 137 Å². The van der Waals surface area contributed by atoms with Crippen LogP contribution in [0.5, 0.6) is 0 Å². The third-order valence-electron chi connectivity index (χ3n) is 4.25. The first kappa shape index (κ1) is 15.6. The molecule has 1 saturated heterocycles. The Kier molecular flexibility index (Phi) is 4.93. The summed E-state index contributed by atoms with van der Waals surface area (Å²) in [4.78, 5) is 17.3. The highest BCUT2D eigenvalue weighted by molar-refractivity contribution is 6.24. The molecule has 4 heteroatoms. The lowest BCUT2D eigenvalue weighted by Gasteiger charge is -2.34. The van der Waals surface area contributed by atoms with Crippen molar-refractivity contribution in [3.8, 4) is 0 Å². The van der Waals surface area contributed by atoms with Gasteiger partial charge >= 0.3 is 0 Å². The number of nitrogens with zero attached hydrogens (tertiary/aromatic N) is 2. The fourth-order valence-electron chi connectivity index (χ4n) is 2.84. The molecule has 0 bridgehead atoms. The Morgan fingerprint density at radius 1 is 1.09 bits per heavy atom. The van der Waals surface area contributed by atoms with Crippen molar-refractivity contribution in [2.24, 2.45) is 0 Å². The monoisotopic (exact) mass is 310 g/mol. The van der Waals surface area contributed by atoms with Crippen LogP contribution in [0, 0.1) is 0 Å². The molecule has 1 aliphatic rings. The van der Waals surface area contributed by atoms with Gasteiger partial charge in [0.2, 0.25) is 0 Å². The van der Waals surface area contributed by atoms with Crippen molar-refractivity contribution in [2.75, 3.05) is 32.7 Å². The molecule has 0 N–H and O–H groups in total. The van der Waals surface area contributed by atoms with Gasteiger partial charge in [-0.1, -0.05) is 37.3 Å². The van der Waals surface area contributed by atoms with Gasteiger partial charge in [0, 0.05) is 26.2 Å². The maximum Gasteiger partial charge on any atom is 0.254 e. The van der Waals surface area contributed by atoms with E-state index in [1.165, 1.54) is 0 Å². The van der Waals surface area contributed by atoms with E-state index < -0.39 is 0 Å². The second kappa shape index (κ2) is 7.29. The highest BCUT2D eigenvalue weighted by Crippen LogP contribution is 2.22. The number of carbonyl (C=O) groups is 1. The molecular weight excluding hydrogens is 288 g/mol. The van der Waals surface area contributed by atoms with Crippen molar-refractivity contribution < 1.29 is 9.21 Å². The Bertz CT molecular complexity index is 654. The van der Waals surface area contributed by atoms with Crippen LogP contribution in [0.1, 0.15) is 18.2 Å². The van der Waals surface area contributed by atoms with E-state index in [9.17, 15) is 4.79 Å². The van der Waals surface area contributed by atoms with Crippen LogP contribution in [0.25, 0.3) is 11.6 Å². The molecule has 2 aromatic rings. The Hall–Kier alpha value is -2.33. The van der Waals surface area contributed by atoms with E-state index in [4.69, 9.17) is 4.42 Å². The first-order valence-corrected chi connectivity index (χ1v) is 8.10. The molecule has 120 valence electrons. The summed E-state index contributed by atoms with van der Waals surface area (Å²) in [5, 5.41) is 0. The maximum absolute atomic E-state index is 13.0. The van der Waals surface area contributed by atoms with Crippen LogP contribution in [0.4, 0.5) is 0 Å². The largest absolute Gasteiger partial charge is 0.465 e. The van der Waals surface area contributed by atoms with Crippen LogP contribution >= 0.6 is 0 Å². The first-order valence-electron chi connectivity index (χ1n) is 8.10. The Balaban J connectivity index is 1.85. The van der Waals surface area contributed by atoms with Gasteiger partial charge in [-0.05, 0) is 30.3 Å². The molecule has 1 aromatic heterocycles. The molecule has 0 radical (unpaired) electrons. The minimum atomic E-state index is 0.0725. The van der Waals surface area contributed by atoms with E-state index in [0.29, 0.717) is 11.3 Å². The number of benzene rings is 1. The molecule has 1 fully saturated rings. The van der Waals surface area contributed by atoms with Crippen molar-refractivity contribution in [3.63, 3.8) is 0 Å². The standard InChI is InChI=1S/C19H22N2O2/c1-2-20-10-12-21(13-11-20)19(22)18(15-17-9-6-14-23-17)16-7-4-3-5-8-16/h3-9,14-15H,2,10-13H2,1H3/b18-15+. The molecule has 3 rings (SSSR count). The smallest absolute Gasteiger partial charge is 0.254 e. The average molecular weight is 310 g/mol. The van der Waals surface area contributed by atoms with Crippen LogP contribution in [0.15, 0.2) is 53.1 Å².